The maximum atomic E-state index is 12.6. The molecule has 0 radical (unpaired) electrons. The molecular weight excluding hydrogens is 484 g/mol. The van der Waals surface area contributed by atoms with E-state index < -0.39 is 8.32 Å². The Hall–Kier alpha value is -1.13. The Balaban J connectivity index is 1.40. The number of benzene rings is 1. The topological polar surface area (TPSA) is 46.5 Å². The lowest BCUT2D eigenvalue weighted by molar-refractivity contribution is -0.155. The third kappa shape index (κ3) is 4.95. The number of aryl methyl sites for hydroxylation is 1. The molecule has 212 valence electrons. The Morgan fingerprint density at radius 1 is 1.05 bits per heavy atom. The van der Waals surface area contributed by atoms with Gasteiger partial charge in [0.2, 0.25) is 0 Å². The van der Waals surface area contributed by atoms with Gasteiger partial charge in [0.25, 0.3) is 0 Å². The van der Waals surface area contributed by atoms with E-state index in [0.29, 0.717) is 34.9 Å². The van der Waals surface area contributed by atoms with Crippen molar-refractivity contribution < 1.29 is 14.3 Å². The summed E-state index contributed by atoms with van der Waals surface area (Å²) in [6, 6.07) is 7.81. The second kappa shape index (κ2) is 10.1. The Morgan fingerprint density at radius 3 is 2.50 bits per heavy atom. The summed E-state index contributed by atoms with van der Waals surface area (Å²) < 4.78 is 7.22. The molecule has 5 rings (SSSR count). The fraction of sp³-hybridized carbons (Fsp3) is 0.794. The molecule has 0 saturated heterocycles. The Labute approximate surface area is 233 Å². The van der Waals surface area contributed by atoms with Gasteiger partial charge in [-0.1, -0.05) is 46.8 Å². The summed E-state index contributed by atoms with van der Waals surface area (Å²) in [5, 5.41) is 10.2. The molecule has 4 fully saturated rings. The first-order valence-corrected chi connectivity index (χ1v) is 18.6. The Morgan fingerprint density at radius 2 is 1.79 bits per heavy atom. The van der Waals surface area contributed by atoms with Crippen molar-refractivity contribution in [2.45, 2.75) is 129 Å². The summed E-state index contributed by atoms with van der Waals surface area (Å²) >= 11 is 0. The van der Waals surface area contributed by atoms with Crippen LogP contribution in [0.15, 0.2) is 24.3 Å². The van der Waals surface area contributed by atoms with Gasteiger partial charge >= 0.3 is 0 Å². The number of hydrogen-bond acceptors (Lipinski definition) is 3. The van der Waals surface area contributed by atoms with Crippen LogP contribution in [0.3, 0.4) is 0 Å². The number of Topliss-reactive ketones (excluding diaryl/α,β-unsaturated/α-hetero) is 1. The predicted octanol–water partition coefficient (Wildman–Crippen LogP) is 8.94. The zero-order valence-electron chi connectivity index (χ0n) is 25.3. The Kier molecular flexibility index (Phi) is 7.51. The number of phenolic OH excluding ortho intramolecular Hbond substituents is 1. The normalized spacial score (nSPS) is 39.4. The number of phenols is 1. The molecular formula is C34H54O3Si. The molecule has 4 aliphatic carbocycles. The lowest BCUT2D eigenvalue weighted by Crippen LogP contribution is -2.58. The van der Waals surface area contributed by atoms with E-state index in [2.05, 4.69) is 53.8 Å². The van der Waals surface area contributed by atoms with Crippen LogP contribution >= 0.6 is 0 Å². The number of carbonyl (C=O) groups is 1. The second-order valence-corrected chi connectivity index (χ2v) is 20.5. The SMILES string of the molecule is CC(C)(C)[Si](C)(C)O[C@H]1CC[C@H]2[C@@H]3[C@H](CCCc4cccc(O)c4)C[C@H]4CC(=O)CC[C@]4(C)[C@H]3CC[C@]12C. The molecule has 0 spiro atoms. The average molecular weight is 539 g/mol. The monoisotopic (exact) mass is 538 g/mol. The summed E-state index contributed by atoms with van der Waals surface area (Å²) in [4.78, 5) is 12.6. The van der Waals surface area contributed by atoms with Gasteiger partial charge < -0.3 is 9.53 Å². The fourth-order valence-corrected chi connectivity index (χ4v) is 10.9. The number of aromatic hydroxyl groups is 1. The van der Waals surface area contributed by atoms with E-state index in [1.54, 1.807) is 6.07 Å². The smallest absolute Gasteiger partial charge is 0.192 e. The second-order valence-electron chi connectivity index (χ2n) is 15.8. The molecule has 0 aromatic heterocycles. The van der Waals surface area contributed by atoms with Gasteiger partial charge in [0.05, 0.1) is 6.10 Å². The molecule has 0 amide bonds. The van der Waals surface area contributed by atoms with Crippen LogP contribution in [0.1, 0.15) is 104 Å². The predicted molar refractivity (Wildman–Crippen MR) is 159 cm³/mol. The van der Waals surface area contributed by atoms with Crippen LogP contribution < -0.4 is 0 Å². The van der Waals surface area contributed by atoms with Gasteiger partial charge in [0.1, 0.15) is 11.5 Å². The van der Waals surface area contributed by atoms with Crippen molar-refractivity contribution in [3.63, 3.8) is 0 Å². The van der Waals surface area contributed by atoms with Crippen LogP contribution in [0.5, 0.6) is 5.75 Å². The average Bonchev–Trinajstić information content (AvgIpc) is 3.15. The van der Waals surface area contributed by atoms with Gasteiger partial charge in [0, 0.05) is 12.8 Å². The lowest BCUT2D eigenvalue weighted by Gasteiger charge is -2.63. The van der Waals surface area contributed by atoms with Crippen molar-refractivity contribution in [1.82, 2.24) is 0 Å². The molecule has 8 atom stereocenters. The van der Waals surface area contributed by atoms with Gasteiger partial charge in [-0.3, -0.25) is 4.79 Å². The minimum absolute atomic E-state index is 0.243. The van der Waals surface area contributed by atoms with Crippen molar-refractivity contribution >= 4 is 14.1 Å². The highest BCUT2D eigenvalue weighted by molar-refractivity contribution is 6.74. The summed E-state index contributed by atoms with van der Waals surface area (Å²) in [6.45, 7) is 17.2. The van der Waals surface area contributed by atoms with Gasteiger partial charge in [-0.2, -0.15) is 0 Å². The molecule has 3 nitrogen and oxygen atoms in total. The minimum Gasteiger partial charge on any atom is -0.508 e. The van der Waals surface area contributed by atoms with Crippen molar-refractivity contribution in [3.05, 3.63) is 29.8 Å². The summed E-state index contributed by atoms with van der Waals surface area (Å²) in [6.07, 6.45) is 13.0. The van der Waals surface area contributed by atoms with Crippen molar-refractivity contribution in [3.8, 4) is 5.75 Å². The van der Waals surface area contributed by atoms with Crippen molar-refractivity contribution in [1.29, 1.82) is 0 Å². The first-order valence-electron chi connectivity index (χ1n) is 15.7. The van der Waals surface area contributed by atoms with Crippen LogP contribution in [0.25, 0.3) is 0 Å². The molecule has 1 N–H and O–H groups in total. The largest absolute Gasteiger partial charge is 0.508 e. The van der Waals surface area contributed by atoms with E-state index in [1.165, 1.54) is 50.5 Å². The zero-order valence-corrected chi connectivity index (χ0v) is 26.3. The van der Waals surface area contributed by atoms with Crippen molar-refractivity contribution in [2.24, 2.45) is 40.4 Å². The molecule has 4 aliphatic rings. The zero-order chi connectivity index (χ0) is 27.5. The highest BCUT2D eigenvalue weighted by atomic mass is 28.4. The molecule has 38 heavy (non-hydrogen) atoms. The standard InChI is InChI=1S/C34H54O3Si/c1-32(2,3)38(6,7)37-30-15-14-28-31-24(12-8-10-23-11-9-13-26(35)20-23)21-25-22-27(36)16-18-33(25,4)29(31)17-19-34(28,30)5/h9,11,13,20,24-25,28-31,35H,8,10,12,14-19,21-22H2,1-7H3/t24-,25+,28+,29+,30+,31+,33+,34+/m1/s1. The fourth-order valence-electron chi connectivity index (χ4n) is 9.48. The first kappa shape index (κ1) is 28.4. The molecule has 0 heterocycles. The van der Waals surface area contributed by atoms with Crippen LogP contribution in [0.2, 0.25) is 18.1 Å². The van der Waals surface area contributed by atoms with E-state index in [1.807, 2.05) is 12.1 Å². The van der Waals surface area contributed by atoms with Crippen molar-refractivity contribution in [2.75, 3.05) is 0 Å². The highest BCUT2D eigenvalue weighted by Gasteiger charge is 2.63. The molecule has 0 bridgehead atoms. The number of carbonyl (C=O) groups excluding carboxylic acids is 1. The number of hydrogen-bond donors (Lipinski definition) is 1. The van der Waals surface area contributed by atoms with Gasteiger partial charge in [0.15, 0.2) is 8.32 Å². The van der Waals surface area contributed by atoms with E-state index in [-0.39, 0.29) is 10.5 Å². The first-order chi connectivity index (χ1) is 17.7. The third-order valence-electron chi connectivity index (χ3n) is 12.8. The summed E-state index contributed by atoms with van der Waals surface area (Å²) in [7, 11) is -1.83. The quantitative estimate of drug-likeness (QED) is 0.368. The van der Waals surface area contributed by atoms with Crippen LogP contribution in [-0.4, -0.2) is 25.3 Å². The molecule has 4 saturated carbocycles. The summed E-state index contributed by atoms with van der Waals surface area (Å²) in [5.41, 5.74) is 1.86. The lowest BCUT2D eigenvalue weighted by atomic mass is 9.42. The van der Waals surface area contributed by atoms with E-state index >= 15 is 0 Å². The maximum absolute atomic E-state index is 12.6. The Bertz CT molecular complexity index is 1030. The van der Waals surface area contributed by atoms with Crippen LogP contribution in [0, 0.1) is 40.4 Å². The number of ketones is 1. The number of rotatable bonds is 6. The third-order valence-corrected chi connectivity index (χ3v) is 17.3. The van der Waals surface area contributed by atoms with Gasteiger partial charge in [-0.05, 0) is 134 Å². The van der Waals surface area contributed by atoms with E-state index in [9.17, 15) is 9.90 Å². The van der Waals surface area contributed by atoms with Crippen LogP contribution in [-0.2, 0) is 15.6 Å². The highest BCUT2D eigenvalue weighted by Crippen LogP contribution is 2.68. The number of fused-ring (bicyclic) bond motifs is 5. The summed E-state index contributed by atoms with van der Waals surface area (Å²) in [5.74, 6) is 4.42. The molecule has 0 aliphatic heterocycles. The molecule has 0 unspecified atom stereocenters. The minimum atomic E-state index is -1.83. The van der Waals surface area contributed by atoms with E-state index in [4.69, 9.17) is 4.43 Å². The molecule has 1 aromatic carbocycles. The molecule has 1 aromatic rings. The van der Waals surface area contributed by atoms with E-state index in [0.717, 1.165) is 43.4 Å². The maximum Gasteiger partial charge on any atom is 0.192 e. The molecule has 4 heteroatoms. The van der Waals surface area contributed by atoms with Gasteiger partial charge in [-0.15, -0.1) is 0 Å². The van der Waals surface area contributed by atoms with Gasteiger partial charge in [-0.25, -0.2) is 0 Å². The van der Waals surface area contributed by atoms with Crippen LogP contribution in [0.4, 0.5) is 0 Å².